The van der Waals surface area contributed by atoms with Crippen molar-refractivity contribution in [2.24, 2.45) is 4.99 Å². The molecule has 0 spiro atoms. The second kappa shape index (κ2) is 4.47. The Morgan fingerprint density at radius 3 is 2.62 bits per heavy atom. The predicted molar refractivity (Wildman–Crippen MR) is 87.4 cm³/mol. The van der Waals surface area contributed by atoms with Gasteiger partial charge in [-0.05, 0) is 30.4 Å². The Balaban J connectivity index is 2.09. The molecule has 0 saturated carbocycles. The lowest BCUT2D eigenvalue weighted by atomic mass is 9.94. The summed E-state index contributed by atoms with van der Waals surface area (Å²) in [5.41, 5.74) is 5.07. The number of amides is 2. The summed E-state index contributed by atoms with van der Waals surface area (Å²) in [6, 6.07) is 0. The zero-order valence-electron chi connectivity index (χ0n) is 13.7. The fourth-order valence-electron chi connectivity index (χ4n) is 4.40. The third-order valence-corrected chi connectivity index (χ3v) is 5.47. The van der Waals surface area contributed by atoms with Crippen molar-refractivity contribution >= 4 is 28.5 Å². The van der Waals surface area contributed by atoms with E-state index in [0.717, 1.165) is 52.2 Å². The number of imide groups is 1. The van der Waals surface area contributed by atoms with Gasteiger partial charge in [-0.1, -0.05) is 0 Å². The van der Waals surface area contributed by atoms with Gasteiger partial charge >= 0.3 is 0 Å². The number of aromatic amines is 1. The smallest absolute Gasteiger partial charge is 0.262 e. The summed E-state index contributed by atoms with van der Waals surface area (Å²) in [6.07, 6.45) is 3.49. The van der Waals surface area contributed by atoms with E-state index in [1.54, 1.807) is 14.2 Å². The van der Waals surface area contributed by atoms with Gasteiger partial charge in [0.05, 0.1) is 29.0 Å². The molecule has 3 heterocycles. The van der Waals surface area contributed by atoms with Crippen LogP contribution in [0.4, 0.5) is 0 Å². The second-order valence-corrected chi connectivity index (χ2v) is 6.59. The Bertz CT molecular complexity index is 1080. The third kappa shape index (κ3) is 1.44. The highest BCUT2D eigenvalue weighted by Crippen LogP contribution is 2.38. The average molecular weight is 323 g/mol. The van der Waals surface area contributed by atoms with Crippen LogP contribution in [0.5, 0.6) is 0 Å². The summed E-state index contributed by atoms with van der Waals surface area (Å²) in [5, 5.41) is 1.69. The molecule has 0 radical (unpaired) electrons. The number of nitrogens with one attached hydrogen (secondary N) is 1. The molecular weight excluding hydrogens is 306 g/mol. The lowest BCUT2D eigenvalue weighted by Gasteiger charge is -2.09. The number of carbonyl (C=O) groups is 2. The van der Waals surface area contributed by atoms with Crippen LogP contribution in [0.1, 0.15) is 44.7 Å². The number of hydrogen-bond acceptors (Lipinski definition) is 4. The zero-order valence-corrected chi connectivity index (χ0v) is 13.7. The van der Waals surface area contributed by atoms with Gasteiger partial charge in [-0.25, -0.2) is 0 Å². The Morgan fingerprint density at radius 1 is 1.08 bits per heavy atom. The average Bonchev–Trinajstić information content (AvgIpc) is 3.26. The van der Waals surface area contributed by atoms with Crippen molar-refractivity contribution in [1.82, 2.24) is 9.88 Å². The van der Waals surface area contributed by atoms with Crippen molar-refractivity contribution in [3.05, 3.63) is 33.0 Å². The van der Waals surface area contributed by atoms with Crippen LogP contribution < -0.4 is 10.7 Å². The molecule has 6 nitrogen and oxygen atoms in total. The lowest BCUT2D eigenvalue weighted by Crippen LogP contribution is -2.31. The van der Waals surface area contributed by atoms with E-state index in [-0.39, 0.29) is 11.8 Å². The molecule has 1 aliphatic carbocycles. The van der Waals surface area contributed by atoms with Gasteiger partial charge < -0.3 is 9.72 Å². The first kappa shape index (κ1) is 13.8. The molecule has 3 aliphatic rings. The van der Waals surface area contributed by atoms with Gasteiger partial charge in [-0.2, -0.15) is 0 Å². The molecule has 0 fully saturated rings. The van der Waals surface area contributed by atoms with Crippen LogP contribution in [-0.2, 0) is 17.6 Å². The molecule has 0 atom stereocenters. The third-order valence-electron chi connectivity index (χ3n) is 5.47. The maximum atomic E-state index is 12.8. The van der Waals surface area contributed by atoms with Gasteiger partial charge in [0.15, 0.2) is 0 Å². The molecule has 5 rings (SSSR count). The van der Waals surface area contributed by atoms with Gasteiger partial charge in [-0.15, -0.1) is 0 Å². The summed E-state index contributed by atoms with van der Waals surface area (Å²) in [6.45, 7) is 0.667. The van der Waals surface area contributed by atoms with E-state index in [9.17, 15) is 9.59 Å². The standard InChI is InChI=1S/C18H17N3O3/c1-21-17(22)11-8-4-3-5-9(8)15-13(14(11)18(21)23)12-10(24-2)6-7-19-16(12)20-15/h3-7H2,1-2H3,(H,19,20). The number of benzene rings is 1. The molecule has 6 heteroatoms. The molecule has 0 saturated heterocycles. The molecule has 2 amide bonds. The number of ether oxygens (including phenoxy) is 1. The summed E-state index contributed by atoms with van der Waals surface area (Å²) >= 11 is 0. The monoisotopic (exact) mass is 323 g/mol. The van der Waals surface area contributed by atoms with Crippen LogP contribution in [-0.4, -0.2) is 42.4 Å². The normalized spacial score (nSPS) is 18.8. The lowest BCUT2D eigenvalue weighted by molar-refractivity contribution is 0.0693. The molecule has 1 N–H and O–H groups in total. The fraction of sp³-hybridized carbons (Fsp3) is 0.389. The number of nitrogens with zero attached hydrogens (tertiary/aromatic N) is 2. The highest BCUT2D eigenvalue weighted by molar-refractivity contribution is 6.27. The van der Waals surface area contributed by atoms with Crippen LogP contribution in [0, 0.1) is 0 Å². The molecule has 1 aromatic carbocycles. The minimum absolute atomic E-state index is 0.184. The topological polar surface area (TPSA) is 74.8 Å². The van der Waals surface area contributed by atoms with Crippen molar-refractivity contribution in [1.29, 1.82) is 0 Å². The minimum Gasteiger partial charge on any atom is -0.500 e. The molecule has 1 aromatic heterocycles. The number of carbonyl (C=O) groups excluding carboxylic acids is 2. The Kier molecular flexibility index (Phi) is 2.56. The summed E-state index contributed by atoms with van der Waals surface area (Å²) in [4.78, 5) is 34.7. The van der Waals surface area contributed by atoms with E-state index >= 15 is 0 Å². The fourth-order valence-corrected chi connectivity index (χ4v) is 4.40. The summed E-state index contributed by atoms with van der Waals surface area (Å²) in [7, 11) is 3.21. The van der Waals surface area contributed by atoms with Gasteiger partial charge in [0, 0.05) is 25.4 Å². The van der Waals surface area contributed by atoms with Gasteiger partial charge in [0.1, 0.15) is 11.2 Å². The van der Waals surface area contributed by atoms with Crippen molar-refractivity contribution < 1.29 is 14.3 Å². The van der Waals surface area contributed by atoms with E-state index in [1.165, 1.54) is 10.5 Å². The second-order valence-electron chi connectivity index (χ2n) is 6.59. The predicted octanol–water partition coefficient (Wildman–Crippen LogP) is 0.660. The largest absolute Gasteiger partial charge is 0.500 e. The molecule has 0 bridgehead atoms. The van der Waals surface area contributed by atoms with E-state index in [4.69, 9.17) is 4.74 Å². The maximum absolute atomic E-state index is 12.8. The zero-order chi connectivity index (χ0) is 16.6. The summed E-state index contributed by atoms with van der Waals surface area (Å²) in [5.74, 6) is 0.426. The molecule has 122 valence electrons. The molecule has 2 aliphatic heterocycles. The van der Waals surface area contributed by atoms with E-state index in [2.05, 4.69) is 9.98 Å². The number of H-pyrrole nitrogens is 1. The Hall–Kier alpha value is -2.63. The number of rotatable bonds is 1. The van der Waals surface area contributed by atoms with Crippen molar-refractivity contribution in [2.45, 2.75) is 25.7 Å². The Morgan fingerprint density at radius 2 is 1.83 bits per heavy atom. The van der Waals surface area contributed by atoms with E-state index in [0.29, 0.717) is 24.1 Å². The number of aromatic nitrogens is 1. The van der Waals surface area contributed by atoms with Crippen molar-refractivity contribution in [3.63, 3.8) is 0 Å². The van der Waals surface area contributed by atoms with Crippen LogP contribution in [0.15, 0.2) is 4.99 Å². The quantitative estimate of drug-likeness (QED) is 0.784. The maximum Gasteiger partial charge on any atom is 0.262 e. The first-order valence-electron chi connectivity index (χ1n) is 8.27. The van der Waals surface area contributed by atoms with Crippen LogP contribution in [0.3, 0.4) is 0 Å². The van der Waals surface area contributed by atoms with Gasteiger partial charge in [0.2, 0.25) is 0 Å². The molecule has 0 unspecified atom stereocenters. The van der Waals surface area contributed by atoms with Gasteiger partial charge in [-0.3, -0.25) is 19.5 Å². The first-order chi connectivity index (χ1) is 11.6. The van der Waals surface area contributed by atoms with Gasteiger partial charge in [0.25, 0.3) is 11.8 Å². The van der Waals surface area contributed by atoms with E-state index < -0.39 is 0 Å². The minimum atomic E-state index is -0.225. The van der Waals surface area contributed by atoms with Crippen molar-refractivity contribution in [2.75, 3.05) is 20.7 Å². The van der Waals surface area contributed by atoms with Crippen molar-refractivity contribution in [3.8, 4) is 0 Å². The van der Waals surface area contributed by atoms with Crippen LogP contribution in [0.2, 0.25) is 0 Å². The highest BCUT2D eigenvalue weighted by atomic mass is 16.5. The molecular formula is C18H17N3O3. The first-order valence-corrected chi connectivity index (χ1v) is 8.27. The van der Waals surface area contributed by atoms with E-state index in [1.807, 2.05) is 0 Å². The number of fused-ring (bicyclic) bond motifs is 8. The number of hydrogen-bond donors (Lipinski definition) is 1. The molecule has 24 heavy (non-hydrogen) atoms. The van der Waals surface area contributed by atoms with Crippen LogP contribution >= 0.6 is 0 Å². The Labute approximate surface area is 137 Å². The number of aryl methyl sites for hydroxylation is 1. The molecule has 2 aromatic rings. The highest BCUT2D eigenvalue weighted by Gasteiger charge is 2.40. The van der Waals surface area contributed by atoms with Crippen LogP contribution in [0.25, 0.3) is 16.7 Å². The number of methoxy groups -OCH3 is 1. The SMILES string of the molecule is COC1=c2c([nH]c3c4c(c5c(c23)C(=O)N(C)C5=O)CCC4)=NCC1. The summed E-state index contributed by atoms with van der Waals surface area (Å²) < 4.78 is 5.58.